The summed E-state index contributed by atoms with van der Waals surface area (Å²) in [5.41, 5.74) is 6.47. The van der Waals surface area contributed by atoms with E-state index in [4.69, 9.17) is 10.5 Å². The van der Waals surface area contributed by atoms with Crippen LogP contribution in [0.25, 0.3) is 0 Å². The molecule has 0 saturated carbocycles. The highest BCUT2D eigenvalue weighted by Crippen LogP contribution is 2.15. The maximum Gasteiger partial charge on any atom is 0.229 e. The summed E-state index contributed by atoms with van der Waals surface area (Å²) in [4.78, 5) is 13.9. The molecule has 0 amide bonds. The third-order valence-corrected chi connectivity index (χ3v) is 1.33. The van der Waals surface area contributed by atoms with Crippen molar-refractivity contribution in [3.05, 3.63) is 17.8 Å². The average Bonchev–Trinajstić information content (AvgIpc) is 2.15. The van der Waals surface area contributed by atoms with Crippen molar-refractivity contribution in [3.63, 3.8) is 0 Å². The molecular weight excluding hydrogens is 168 g/mol. The van der Waals surface area contributed by atoms with Gasteiger partial charge < -0.3 is 10.5 Å². The number of carbonyl (C=O) groups excluding carboxylic acids is 1. The fourth-order valence-corrected chi connectivity index (χ4v) is 0.828. The van der Waals surface area contributed by atoms with Gasteiger partial charge in [0.15, 0.2) is 6.29 Å². The largest absolute Gasteiger partial charge is 0.480 e. The van der Waals surface area contributed by atoms with Gasteiger partial charge in [0.2, 0.25) is 5.88 Å². The Kier molecular flexibility index (Phi) is 2.87. The molecule has 0 aromatic carbocycles. The Morgan fingerprint density at radius 3 is 3.08 bits per heavy atom. The van der Waals surface area contributed by atoms with Crippen LogP contribution >= 0.6 is 0 Å². The smallest absolute Gasteiger partial charge is 0.229 e. The molecule has 0 spiro atoms. The number of nitrogen functional groups attached to an aromatic ring is 1. The molecule has 0 unspecified atom stereocenters. The molecule has 0 aliphatic rings. The standard InChI is InChI=1S/C9H8N2O2/c1-13-9-7(3-2-4-12)5-8(10)6-11-9/h4-6H,10H2,1H3. The Morgan fingerprint density at radius 1 is 1.69 bits per heavy atom. The number of rotatable bonds is 1. The highest BCUT2D eigenvalue weighted by molar-refractivity contribution is 5.74. The molecule has 4 heteroatoms. The first kappa shape index (κ1) is 9.07. The Hall–Kier alpha value is -2.02. The maximum absolute atomic E-state index is 10.00. The molecule has 2 N–H and O–H groups in total. The predicted octanol–water partition coefficient (Wildman–Crippen LogP) is 0.223. The number of methoxy groups -OCH3 is 1. The van der Waals surface area contributed by atoms with Crippen molar-refractivity contribution < 1.29 is 9.53 Å². The number of ether oxygens (including phenoxy) is 1. The highest BCUT2D eigenvalue weighted by atomic mass is 16.5. The van der Waals surface area contributed by atoms with Crippen LogP contribution in [0.15, 0.2) is 12.3 Å². The van der Waals surface area contributed by atoms with E-state index in [2.05, 4.69) is 16.8 Å². The van der Waals surface area contributed by atoms with Gasteiger partial charge in [-0.1, -0.05) is 5.92 Å². The van der Waals surface area contributed by atoms with Gasteiger partial charge in [-0.05, 0) is 12.0 Å². The van der Waals surface area contributed by atoms with Crippen LogP contribution in [-0.4, -0.2) is 18.4 Å². The van der Waals surface area contributed by atoms with Crippen molar-refractivity contribution in [2.45, 2.75) is 0 Å². The number of carbonyl (C=O) groups is 1. The zero-order valence-corrected chi connectivity index (χ0v) is 7.07. The van der Waals surface area contributed by atoms with Crippen molar-refractivity contribution in [1.82, 2.24) is 4.98 Å². The zero-order valence-electron chi connectivity index (χ0n) is 7.07. The SMILES string of the molecule is COc1ncc(N)cc1C#CC=O. The first-order valence-corrected chi connectivity index (χ1v) is 3.52. The van der Waals surface area contributed by atoms with Gasteiger partial charge in [0.05, 0.1) is 24.6 Å². The van der Waals surface area contributed by atoms with Crippen LogP contribution in [-0.2, 0) is 4.79 Å². The zero-order chi connectivity index (χ0) is 9.68. The minimum Gasteiger partial charge on any atom is -0.480 e. The molecule has 0 bridgehead atoms. The van der Waals surface area contributed by atoms with Crippen molar-refractivity contribution in [1.29, 1.82) is 0 Å². The first-order valence-electron chi connectivity index (χ1n) is 3.52. The molecule has 13 heavy (non-hydrogen) atoms. The summed E-state index contributed by atoms with van der Waals surface area (Å²) in [6.45, 7) is 0. The summed E-state index contributed by atoms with van der Waals surface area (Å²) in [7, 11) is 1.48. The van der Waals surface area contributed by atoms with Crippen LogP contribution in [0.2, 0.25) is 0 Å². The van der Waals surface area contributed by atoms with E-state index in [1.807, 2.05) is 0 Å². The third kappa shape index (κ3) is 2.20. The average molecular weight is 176 g/mol. The molecule has 0 aliphatic carbocycles. The lowest BCUT2D eigenvalue weighted by Crippen LogP contribution is -1.94. The van der Waals surface area contributed by atoms with Crippen molar-refractivity contribution >= 4 is 12.0 Å². The van der Waals surface area contributed by atoms with E-state index in [0.717, 1.165) is 0 Å². The van der Waals surface area contributed by atoms with Crippen LogP contribution in [0.1, 0.15) is 5.56 Å². The van der Waals surface area contributed by atoms with Crippen LogP contribution in [0.3, 0.4) is 0 Å². The Balaban J connectivity index is 3.15. The van der Waals surface area contributed by atoms with Gasteiger partial charge in [-0.2, -0.15) is 0 Å². The van der Waals surface area contributed by atoms with Gasteiger partial charge >= 0.3 is 0 Å². The maximum atomic E-state index is 10.00. The molecule has 1 aromatic heterocycles. The summed E-state index contributed by atoms with van der Waals surface area (Å²) in [6, 6.07) is 1.60. The number of anilines is 1. The molecule has 1 aromatic rings. The number of hydrogen-bond donors (Lipinski definition) is 1. The summed E-state index contributed by atoms with van der Waals surface area (Å²) in [5.74, 6) is 5.19. The minimum atomic E-state index is 0.364. The normalized spacial score (nSPS) is 8.38. The monoisotopic (exact) mass is 176 g/mol. The number of nitrogens with two attached hydrogens (primary N) is 1. The van der Waals surface area contributed by atoms with E-state index in [1.165, 1.54) is 13.3 Å². The van der Waals surface area contributed by atoms with Crippen molar-refractivity contribution in [2.24, 2.45) is 0 Å². The summed E-state index contributed by atoms with van der Waals surface area (Å²) < 4.78 is 4.91. The number of aldehydes is 1. The van der Waals surface area contributed by atoms with Gasteiger partial charge in [0.1, 0.15) is 0 Å². The second-order valence-corrected chi connectivity index (χ2v) is 2.21. The quantitative estimate of drug-likeness (QED) is 0.491. The second-order valence-electron chi connectivity index (χ2n) is 2.21. The van der Waals surface area contributed by atoms with E-state index < -0.39 is 0 Å². The Bertz CT molecular complexity index is 377. The lowest BCUT2D eigenvalue weighted by atomic mass is 10.2. The first-order chi connectivity index (χ1) is 6.27. The van der Waals surface area contributed by atoms with E-state index in [-0.39, 0.29) is 0 Å². The molecule has 1 rings (SSSR count). The minimum absolute atomic E-state index is 0.364. The number of pyridine rings is 1. The van der Waals surface area contributed by atoms with E-state index >= 15 is 0 Å². The molecule has 0 atom stereocenters. The van der Waals surface area contributed by atoms with Gasteiger partial charge in [-0.25, -0.2) is 4.98 Å². The highest BCUT2D eigenvalue weighted by Gasteiger charge is 2.00. The third-order valence-electron chi connectivity index (χ3n) is 1.33. The van der Waals surface area contributed by atoms with Gasteiger partial charge in [-0.3, -0.25) is 4.79 Å². The number of nitrogens with zero attached hydrogens (tertiary/aromatic N) is 1. The molecule has 4 nitrogen and oxygen atoms in total. The van der Waals surface area contributed by atoms with Crippen LogP contribution in [0.5, 0.6) is 5.88 Å². The van der Waals surface area contributed by atoms with Gasteiger partial charge in [0.25, 0.3) is 0 Å². The molecule has 0 fully saturated rings. The molecular formula is C9H8N2O2. The van der Waals surface area contributed by atoms with Crippen LogP contribution in [0.4, 0.5) is 5.69 Å². The Labute approximate surface area is 75.7 Å². The topological polar surface area (TPSA) is 65.2 Å². The number of hydrogen-bond acceptors (Lipinski definition) is 4. The summed E-state index contributed by atoms with van der Waals surface area (Å²) >= 11 is 0. The lowest BCUT2D eigenvalue weighted by molar-refractivity contribution is -0.103. The summed E-state index contributed by atoms with van der Waals surface area (Å²) in [5, 5.41) is 0. The fourth-order valence-electron chi connectivity index (χ4n) is 0.828. The fraction of sp³-hybridized carbons (Fsp3) is 0.111. The predicted molar refractivity (Wildman–Crippen MR) is 48.1 cm³/mol. The molecule has 0 saturated heterocycles. The molecule has 0 radical (unpaired) electrons. The van der Waals surface area contributed by atoms with Crippen molar-refractivity contribution in [2.75, 3.05) is 12.8 Å². The van der Waals surface area contributed by atoms with E-state index in [9.17, 15) is 4.79 Å². The Morgan fingerprint density at radius 2 is 2.46 bits per heavy atom. The van der Waals surface area contributed by atoms with E-state index in [0.29, 0.717) is 23.4 Å². The van der Waals surface area contributed by atoms with Crippen LogP contribution < -0.4 is 10.5 Å². The van der Waals surface area contributed by atoms with Crippen molar-refractivity contribution in [3.8, 4) is 17.7 Å². The molecule has 66 valence electrons. The second kappa shape index (κ2) is 4.12. The number of aromatic nitrogens is 1. The lowest BCUT2D eigenvalue weighted by Gasteiger charge is -2.01. The van der Waals surface area contributed by atoms with Gasteiger partial charge in [-0.15, -0.1) is 0 Å². The van der Waals surface area contributed by atoms with E-state index in [1.54, 1.807) is 6.07 Å². The van der Waals surface area contributed by atoms with Crippen LogP contribution in [0, 0.1) is 11.8 Å². The van der Waals surface area contributed by atoms with Gasteiger partial charge in [0, 0.05) is 0 Å². The molecule has 0 aliphatic heterocycles. The molecule has 1 heterocycles. The summed E-state index contributed by atoms with van der Waals surface area (Å²) in [6.07, 6.45) is 1.97.